The van der Waals surface area contributed by atoms with Crippen LogP contribution in [0.15, 0.2) is 0 Å². The van der Waals surface area contributed by atoms with Crippen LogP contribution in [-0.4, -0.2) is 63.2 Å². The predicted octanol–water partition coefficient (Wildman–Crippen LogP) is -0.534. The number of hydrogen-bond donors (Lipinski definition) is 0. The molecule has 0 aromatic heterocycles. The summed E-state index contributed by atoms with van der Waals surface area (Å²) in [6, 6.07) is 0.638. The van der Waals surface area contributed by atoms with Gasteiger partial charge in [-0.3, -0.25) is 4.90 Å². The molecule has 0 amide bonds. The monoisotopic (exact) mass is 156 g/mol. The van der Waals surface area contributed by atoms with E-state index < -0.39 is 0 Å². The highest BCUT2D eigenvalue weighted by atomic mass is 15.2. The van der Waals surface area contributed by atoms with Gasteiger partial charge < -0.3 is 4.90 Å². The summed E-state index contributed by atoms with van der Waals surface area (Å²) in [6.07, 6.45) is 0. The minimum atomic E-state index is 0.638. The first-order valence-corrected chi connectivity index (χ1v) is 4.18. The van der Waals surface area contributed by atoms with Crippen LogP contribution in [0, 0.1) is 0 Å². The molecule has 65 valence electrons. The molecule has 1 saturated heterocycles. The summed E-state index contributed by atoms with van der Waals surface area (Å²) in [7, 11) is 6.41. The summed E-state index contributed by atoms with van der Waals surface area (Å²) in [4.78, 5) is 4.62. The third-order valence-corrected chi connectivity index (χ3v) is 2.15. The minimum Gasteiger partial charge on any atom is -0.308 e. The van der Waals surface area contributed by atoms with E-state index in [0.29, 0.717) is 6.04 Å². The fraction of sp³-hybridized carbons (Fsp3) is 1.00. The zero-order chi connectivity index (χ0) is 8.27. The molecule has 0 N–H and O–H groups in total. The second-order valence-electron chi connectivity index (χ2n) is 3.53. The van der Waals surface area contributed by atoms with Crippen molar-refractivity contribution in [1.29, 1.82) is 0 Å². The third-order valence-electron chi connectivity index (χ3n) is 2.15. The molecule has 0 aromatic carbocycles. The maximum Gasteiger partial charge on any atom is 0.0361 e. The summed E-state index contributed by atoms with van der Waals surface area (Å²) in [5.74, 6) is 0. The molecule has 1 rings (SSSR count). The van der Waals surface area contributed by atoms with Crippen molar-refractivity contribution in [2.45, 2.75) is 6.04 Å². The van der Waals surface area contributed by atoms with Crippen molar-refractivity contribution >= 4 is 0 Å². The highest BCUT2D eigenvalue weighted by Gasteiger charge is 2.19. The van der Waals surface area contributed by atoms with E-state index in [4.69, 9.17) is 0 Å². The number of rotatable bonds is 2. The van der Waals surface area contributed by atoms with Crippen LogP contribution in [0.4, 0.5) is 0 Å². The van der Waals surface area contributed by atoms with Gasteiger partial charge in [0.15, 0.2) is 0 Å². The van der Waals surface area contributed by atoms with E-state index in [2.05, 4.69) is 36.3 Å². The maximum atomic E-state index is 4.39. The molecule has 1 radical (unpaired) electrons. The molecule has 1 unspecified atom stereocenters. The van der Waals surface area contributed by atoms with Gasteiger partial charge >= 0.3 is 0 Å². The topological polar surface area (TPSA) is 20.6 Å². The highest BCUT2D eigenvalue weighted by molar-refractivity contribution is 4.78. The molecule has 11 heavy (non-hydrogen) atoms. The SMILES string of the molecule is CN(C)CC1C[N]CCN1C. The van der Waals surface area contributed by atoms with Crippen LogP contribution in [0.3, 0.4) is 0 Å². The van der Waals surface area contributed by atoms with Crippen molar-refractivity contribution in [3.63, 3.8) is 0 Å². The van der Waals surface area contributed by atoms with Gasteiger partial charge in [-0.25, -0.2) is 5.32 Å². The Morgan fingerprint density at radius 2 is 2.27 bits per heavy atom. The van der Waals surface area contributed by atoms with Gasteiger partial charge in [0.25, 0.3) is 0 Å². The van der Waals surface area contributed by atoms with Crippen molar-refractivity contribution in [1.82, 2.24) is 15.1 Å². The molecule has 1 fully saturated rings. The lowest BCUT2D eigenvalue weighted by atomic mass is 10.2. The molecule has 0 saturated carbocycles. The van der Waals surface area contributed by atoms with E-state index in [9.17, 15) is 0 Å². The average molecular weight is 156 g/mol. The Bertz CT molecular complexity index is 114. The molecule has 3 heteroatoms. The lowest BCUT2D eigenvalue weighted by molar-refractivity contribution is 0.162. The predicted molar refractivity (Wildman–Crippen MR) is 46.8 cm³/mol. The summed E-state index contributed by atoms with van der Waals surface area (Å²) in [5, 5.41) is 4.39. The van der Waals surface area contributed by atoms with E-state index in [0.717, 1.165) is 26.2 Å². The van der Waals surface area contributed by atoms with Crippen molar-refractivity contribution in [3.05, 3.63) is 0 Å². The van der Waals surface area contributed by atoms with E-state index in [-0.39, 0.29) is 0 Å². The Morgan fingerprint density at radius 3 is 2.82 bits per heavy atom. The van der Waals surface area contributed by atoms with Gasteiger partial charge in [0, 0.05) is 32.2 Å². The lowest BCUT2D eigenvalue weighted by Gasteiger charge is -2.33. The van der Waals surface area contributed by atoms with Crippen molar-refractivity contribution in [3.8, 4) is 0 Å². The van der Waals surface area contributed by atoms with E-state index in [1.807, 2.05) is 0 Å². The first kappa shape index (κ1) is 8.97. The van der Waals surface area contributed by atoms with Crippen molar-refractivity contribution < 1.29 is 0 Å². The Hall–Kier alpha value is -0.120. The Labute approximate surface area is 69.4 Å². The Kier molecular flexibility index (Phi) is 3.30. The molecule has 3 nitrogen and oxygen atoms in total. The van der Waals surface area contributed by atoms with Crippen LogP contribution in [0.2, 0.25) is 0 Å². The van der Waals surface area contributed by atoms with Crippen molar-refractivity contribution in [2.75, 3.05) is 47.3 Å². The Balaban J connectivity index is 2.29. The maximum absolute atomic E-state index is 4.39. The average Bonchev–Trinajstić information content (AvgIpc) is 1.93. The number of nitrogens with zero attached hydrogens (tertiary/aromatic N) is 3. The molecule has 1 atom stereocenters. The second kappa shape index (κ2) is 4.04. The van der Waals surface area contributed by atoms with E-state index in [1.165, 1.54) is 0 Å². The van der Waals surface area contributed by atoms with Gasteiger partial charge in [-0.15, -0.1) is 0 Å². The lowest BCUT2D eigenvalue weighted by Crippen LogP contribution is -2.50. The molecular weight excluding hydrogens is 138 g/mol. The zero-order valence-electron chi connectivity index (χ0n) is 7.75. The van der Waals surface area contributed by atoms with E-state index >= 15 is 0 Å². The molecule has 0 bridgehead atoms. The molecule has 0 aromatic rings. The van der Waals surface area contributed by atoms with Gasteiger partial charge in [-0.1, -0.05) is 0 Å². The van der Waals surface area contributed by atoms with Gasteiger partial charge in [-0.2, -0.15) is 0 Å². The number of likely N-dealkylation sites (N-methyl/N-ethyl adjacent to an activating group) is 2. The van der Waals surface area contributed by atoms with Crippen LogP contribution < -0.4 is 5.32 Å². The quantitative estimate of drug-likeness (QED) is 0.535. The molecular formula is C8H18N3. The van der Waals surface area contributed by atoms with Crippen LogP contribution in [-0.2, 0) is 0 Å². The molecule has 1 aliphatic heterocycles. The summed E-state index contributed by atoms with van der Waals surface area (Å²) in [6.45, 7) is 4.27. The van der Waals surface area contributed by atoms with Crippen LogP contribution in [0.1, 0.15) is 0 Å². The zero-order valence-corrected chi connectivity index (χ0v) is 7.75. The summed E-state index contributed by atoms with van der Waals surface area (Å²) in [5.41, 5.74) is 0. The van der Waals surface area contributed by atoms with Gasteiger partial charge in [0.1, 0.15) is 0 Å². The molecule has 0 aliphatic carbocycles. The normalized spacial score (nSPS) is 27.8. The van der Waals surface area contributed by atoms with Gasteiger partial charge in [0.2, 0.25) is 0 Å². The first-order valence-electron chi connectivity index (χ1n) is 4.18. The number of hydrogen-bond acceptors (Lipinski definition) is 2. The second-order valence-corrected chi connectivity index (χ2v) is 3.53. The molecule has 0 spiro atoms. The third kappa shape index (κ3) is 2.77. The van der Waals surface area contributed by atoms with Crippen LogP contribution in [0.5, 0.6) is 0 Å². The summed E-state index contributed by atoms with van der Waals surface area (Å²) >= 11 is 0. The molecule has 1 aliphatic rings. The summed E-state index contributed by atoms with van der Waals surface area (Å²) < 4.78 is 0. The van der Waals surface area contributed by atoms with Crippen LogP contribution >= 0.6 is 0 Å². The Morgan fingerprint density at radius 1 is 1.55 bits per heavy atom. The van der Waals surface area contributed by atoms with Gasteiger partial charge in [0.05, 0.1) is 0 Å². The smallest absolute Gasteiger partial charge is 0.0361 e. The van der Waals surface area contributed by atoms with Crippen LogP contribution in [0.25, 0.3) is 0 Å². The van der Waals surface area contributed by atoms with Crippen molar-refractivity contribution in [2.24, 2.45) is 0 Å². The van der Waals surface area contributed by atoms with Gasteiger partial charge in [-0.05, 0) is 21.1 Å². The van der Waals surface area contributed by atoms with E-state index in [1.54, 1.807) is 0 Å². The standard InChI is InChI=1S/C8H18N3/c1-10(2)7-8-6-9-4-5-11(8)3/h8H,4-7H2,1-3H3. The molecule has 1 heterocycles. The fourth-order valence-corrected chi connectivity index (χ4v) is 1.41. The fourth-order valence-electron chi connectivity index (χ4n) is 1.41. The minimum absolute atomic E-state index is 0.638. The highest BCUT2D eigenvalue weighted by Crippen LogP contribution is 2.01. The first-order chi connectivity index (χ1) is 5.20. The largest absolute Gasteiger partial charge is 0.308 e. The number of piperazine rings is 1.